The van der Waals surface area contributed by atoms with Gasteiger partial charge in [-0.15, -0.1) is 11.3 Å². The molecular formula is C17H18N2O2S. The molecule has 1 heterocycles. The lowest BCUT2D eigenvalue weighted by Crippen LogP contribution is -2.07. The zero-order chi connectivity index (χ0) is 15.7. The van der Waals surface area contributed by atoms with Gasteiger partial charge in [-0.2, -0.15) is 0 Å². The van der Waals surface area contributed by atoms with Crippen molar-refractivity contribution in [3.8, 4) is 11.3 Å². The van der Waals surface area contributed by atoms with Crippen LogP contribution in [-0.4, -0.2) is 31.7 Å². The van der Waals surface area contributed by atoms with Gasteiger partial charge in [0.2, 0.25) is 0 Å². The maximum absolute atomic E-state index is 11.4. The summed E-state index contributed by atoms with van der Waals surface area (Å²) in [4.78, 5) is 19.4. The molecule has 0 amide bonds. The summed E-state index contributed by atoms with van der Waals surface area (Å²) in [6.45, 7) is 2.20. The van der Waals surface area contributed by atoms with E-state index in [0.29, 0.717) is 6.61 Å². The maximum atomic E-state index is 11.4. The largest absolute Gasteiger partial charge is 0.463 e. The molecule has 0 aliphatic heterocycles. The van der Waals surface area contributed by atoms with Gasteiger partial charge >= 0.3 is 5.97 Å². The van der Waals surface area contributed by atoms with Crippen molar-refractivity contribution >= 4 is 28.5 Å². The van der Waals surface area contributed by atoms with Crippen molar-refractivity contribution in [2.75, 3.05) is 25.6 Å². The van der Waals surface area contributed by atoms with Gasteiger partial charge in [0.05, 0.1) is 12.3 Å². The lowest BCUT2D eigenvalue weighted by molar-refractivity contribution is -0.137. The Morgan fingerprint density at radius 3 is 3.00 bits per heavy atom. The highest BCUT2D eigenvalue weighted by atomic mass is 32.1. The number of carbonyl (C=O) groups is 1. The number of hydrogen-bond donors (Lipinski definition) is 0. The molecule has 0 saturated carbocycles. The number of anilines is 1. The summed E-state index contributed by atoms with van der Waals surface area (Å²) in [5, 5.41) is 1.04. The van der Waals surface area contributed by atoms with Gasteiger partial charge in [-0.25, -0.2) is 9.78 Å². The highest BCUT2D eigenvalue weighted by Gasteiger charge is 2.23. The van der Waals surface area contributed by atoms with Crippen LogP contribution in [0, 0.1) is 0 Å². The first-order valence-corrected chi connectivity index (χ1v) is 8.05. The van der Waals surface area contributed by atoms with Crippen molar-refractivity contribution < 1.29 is 9.53 Å². The van der Waals surface area contributed by atoms with Crippen LogP contribution >= 0.6 is 11.3 Å². The Bertz CT molecular complexity index is 747. The zero-order valence-corrected chi connectivity index (χ0v) is 13.7. The van der Waals surface area contributed by atoms with Crippen LogP contribution in [0.15, 0.2) is 24.3 Å². The van der Waals surface area contributed by atoms with Gasteiger partial charge in [-0.3, -0.25) is 0 Å². The zero-order valence-electron chi connectivity index (χ0n) is 12.9. The van der Waals surface area contributed by atoms with Gasteiger partial charge in [0.25, 0.3) is 0 Å². The van der Waals surface area contributed by atoms with E-state index < -0.39 is 0 Å². The maximum Gasteiger partial charge on any atom is 0.330 e. The number of rotatable bonds is 4. The fourth-order valence-electron chi connectivity index (χ4n) is 2.48. The first-order chi connectivity index (χ1) is 10.6. The van der Waals surface area contributed by atoms with Gasteiger partial charge in [0.1, 0.15) is 0 Å². The summed E-state index contributed by atoms with van der Waals surface area (Å²) in [6, 6.07) is 6.22. The second kappa shape index (κ2) is 5.93. The lowest BCUT2D eigenvalue weighted by atomic mass is 10.1. The molecule has 0 fully saturated rings. The number of hydrogen-bond acceptors (Lipinski definition) is 5. The van der Waals surface area contributed by atoms with E-state index in [1.807, 2.05) is 25.1 Å². The van der Waals surface area contributed by atoms with Crippen molar-refractivity contribution in [3.63, 3.8) is 0 Å². The molecule has 3 rings (SSSR count). The summed E-state index contributed by atoms with van der Waals surface area (Å²) < 4.78 is 4.89. The Hall–Kier alpha value is -2.14. The van der Waals surface area contributed by atoms with Crippen molar-refractivity contribution in [1.29, 1.82) is 0 Å². The monoisotopic (exact) mass is 314 g/mol. The van der Waals surface area contributed by atoms with Crippen LogP contribution in [0.2, 0.25) is 0 Å². The smallest absolute Gasteiger partial charge is 0.330 e. The number of carbonyl (C=O) groups excluding carboxylic acids is 1. The minimum Gasteiger partial charge on any atom is -0.463 e. The first kappa shape index (κ1) is 14.8. The molecule has 22 heavy (non-hydrogen) atoms. The van der Waals surface area contributed by atoms with Crippen LogP contribution in [0.4, 0.5) is 5.13 Å². The highest BCUT2D eigenvalue weighted by molar-refractivity contribution is 7.16. The molecule has 5 heteroatoms. The van der Waals surface area contributed by atoms with Crippen LogP contribution < -0.4 is 4.90 Å². The quantitative estimate of drug-likeness (QED) is 0.547. The van der Waals surface area contributed by atoms with Crippen molar-refractivity contribution in [2.45, 2.75) is 13.3 Å². The topological polar surface area (TPSA) is 42.4 Å². The molecule has 1 aliphatic carbocycles. The number of thiazole rings is 1. The number of ether oxygens (including phenoxy) is 1. The molecule has 2 aromatic rings. The lowest BCUT2D eigenvalue weighted by Gasteiger charge is -2.07. The van der Waals surface area contributed by atoms with Gasteiger partial charge in [-0.1, -0.05) is 18.2 Å². The van der Waals surface area contributed by atoms with E-state index in [2.05, 4.69) is 12.1 Å². The molecule has 0 bridgehead atoms. The minimum atomic E-state index is -0.306. The van der Waals surface area contributed by atoms with Crippen molar-refractivity contribution in [2.24, 2.45) is 0 Å². The molecule has 1 aromatic carbocycles. The molecular weight excluding hydrogens is 296 g/mol. The first-order valence-electron chi connectivity index (χ1n) is 7.23. The van der Waals surface area contributed by atoms with Gasteiger partial charge in [-0.05, 0) is 24.1 Å². The van der Waals surface area contributed by atoms with Crippen molar-refractivity contribution in [1.82, 2.24) is 4.98 Å². The van der Waals surface area contributed by atoms with E-state index in [9.17, 15) is 4.79 Å². The third-order valence-electron chi connectivity index (χ3n) is 3.50. The van der Waals surface area contributed by atoms with E-state index >= 15 is 0 Å². The van der Waals surface area contributed by atoms with Gasteiger partial charge in [0.15, 0.2) is 5.13 Å². The van der Waals surface area contributed by atoms with Crippen LogP contribution in [-0.2, 0) is 16.0 Å². The molecule has 0 spiro atoms. The summed E-state index contributed by atoms with van der Waals surface area (Å²) in [5.74, 6) is -0.306. The number of aromatic nitrogens is 1. The Morgan fingerprint density at radius 1 is 1.45 bits per heavy atom. The second-order valence-electron chi connectivity index (χ2n) is 5.34. The molecule has 0 unspecified atom stereocenters. The van der Waals surface area contributed by atoms with E-state index in [1.165, 1.54) is 22.1 Å². The summed E-state index contributed by atoms with van der Waals surface area (Å²) in [6.07, 6.45) is 4.18. The fourth-order valence-corrected chi connectivity index (χ4v) is 3.50. The number of nitrogens with zero attached hydrogens (tertiary/aromatic N) is 2. The SMILES string of the molecule is CCOC(=O)/C=C/c1ccc2c(c1)Cc1sc(N(C)C)nc1-2. The molecule has 1 aromatic heterocycles. The molecule has 0 saturated heterocycles. The van der Waals surface area contributed by atoms with Crippen LogP contribution in [0.3, 0.4) is 0 Å². The molecule has 4 nitrogen and oxygen atoms in total. The molecule has 1 aliphatic rings. The molecule has 0 N–H and O–H groups in total. The standard InChI is InChI=1S/C17H18N2O2S/c1-4-21-15(20)8-6-11-5-7-13-12(9-11)10-14-16(13)18-17(22-14)19(2)3/h5-9H,4,10H2,1-3H3/b8-6+. The summed E-state index contributed by atoms with van der Waals surface area (Å²) in [7, 11) is 4.02. The Kier molecular flexibility index (Phi) is 3.98. The van der Waals surface area contributed by atoms with Crippen LogP contribution in [0.5, 0.6) is 0 Å². The van der Waals surface area contributed by atoms with Crippen LogP contribution in [0.25, 0.3) is 17.3 Å². The predicted molar refractivity (Wildman–Crippen MR) is 90.4 cm³/mol. The average Bonchev–Trinajstić information content (AvgIpc) is 3.02. The van der Waals surface area contributed by atoms with E-state index in [-0.39, 0.29) is 5.97 Å². The third-order valence-corrected chi connectivity index (χ3v) is 4.73. The minimum absolute atomic E-state index is 0.306. The number of esters is 1. The Morgan fingerprint density at radius 2 is 2.27 bits per heavy atom. The third kappa shape index (κ3) is 2.76. The fraction of sp³-hybridized carbons (Fsp3) is 0.294. The van der Waals surface area contributed by atoms with Crippen molar-refractivity contribution in [3.05, 3.63) is 40.3 Å². The molecule has 0 atom stereocenters. The summed E-state index contributed by atoms with van der Waals surface area (Å²) >= 11 is 1.74. The number of benzene rings is 1. The second-order valence-corrected chi connectivity index (χ2v) is 6.40. The summed E-state index contributed by atoms with van der Waals surface area (Å²) in [5.41, 5.74) is 4.58. The normalized spacial score (nSPS) is 12.3. The van der Waals surface area contributed by atoms with E-state index in [4.69, 9.17) is 9.72 Å². The van der Waals surface area contributed by atoms with Gasteiger partial charge < -0.3 is 9.64 Å². The average molecular weight is 314 g/mol. The Balaban J connectivity index is 1.84. The van der Waals surface area contributed by atoms with Crippen LogP contribution in [0.1, 0.15) is 22.9 Å². The molecule has 114 valence electrons. The Labute approximate surface area is 134 Å². The predicted octanol–water partition coefficient (Wildman–Crippen LogP) is 3.36. The number of fused-ring (bicyclic) bond motifs is 3. The highest BCUT2D eigenvalue weighted by Crippen LogP contribution is 2.41. The molecule has 0 radical (unpaired) electrons. The van der Waals surface area contributed by atoms with E-state index in [1.54, 1.807) is 24.3 Å². The van der Waals surface area contributed by atoms with E-state index in [0.717, 1.165) is 22.8 Å². The van der Waals surface area contributed by atoms with Gasteiger partial charge in [0, 0.05) is 37.0 Å².